The van der Waals surface area contributed by atoms with Crippen LogP contribution in [0.3, 0.4) is 0 Å². The highest BCUT2D eigenvalue weighted by molar-refractivity contribution is 5.95. The Morgan fingerprint density at radius 1 is 1.00 bits per heavy atom. The molecule has 0 spiro atoms. The van der Waals surface area contributed by atoms with Gasteiger partial charge in [-0.1, -0.05) is 6.07 Å². The average Bonchev–Trinajstić information content (AvgIpc) is 2.92. The zero-order valence-corrected chi connectivity index (χ0v) is 14.4. The molecule has 26 heavy (non-hydrogen) atoms. The summed E-state index contributed by atoms with van der Waals surface area (Å²) in [7, 11) is 1.48. The van der Waals surface area contributed by atoms with Crippen molar-refractivity contribution in [2.24, 2.45) is 0 Å². The predicted molar refractivity (Wildman–Crippen MR) is 89.3 cm³/mol. The Kier molecular flexibility index (Phi) is 4.62. The molecule has 3 rings (SSSR count). The molecule has 0 bridgehead atoms. The van der Waals surface area contributed by atoms with Crippen LogP contribution in [0.4, 0.5) is 0 Å². The lowest BCUT2D eigenvalue weighted by molar-refractivity contribution is -0.133. The molecule has 7 nitrogen and oxygen atoms in total. The fourth-order valence-corrected chi connectivity index (χ4v) is 2.83. The van der Waals surface area contributed by atoms with Crippen LogP contribution in [0.2, 0.25) is 0 Å². The van der Waals surface area contributed by atoms with E-state index >= 15 is 0 Å². The van der Waals surface area contributed by atoms with E-state index in [1.807, 2.05) is 0 Å². The molecule has 0 fully saturated rings. The van der Waals surface area contributed by atoms with E-state index in [4.69, 9.17) is 18.9 Å². The van der Waals surface area contributed by atoms with Crippen molar-refractivity contribution in [1.82, 2.24) is 0 Å². The fraction of sp³-hybridized carbons (Fsp3) is 0.211. The van der Waals surface area contributed by atoms with Gasteiger partial charge in [0.2, 0.25) is 0 Å². The van der Waals surface area contributed by atoms with Crippen molar-refractivity contribution in [1.29, 1.82) is 0 Å². The standard InChI is InChI=1S/C19H16O7/c1-10(20)24-12-7-8-15(25-11(2)21)14(9-12)18-17-13(19(22)26-18)5-4-6-16(17)23-3/h4-9,18H,1-3H3. The monoisotopic (exact) mass is 356 g/mol. The van der Waals surface area contributed by atoms with Crippen LogP contribution >= 0.6 is 0 Å². The predicted octanol–water partition coefficient (Wildman–Crippen LogP) is 2.81. The zero-order valence-electron chi connectivity index (χ0n) is 14.4. The molecule has 1 aliphatic heterocycles. The third kappa shape index (κ3) is 3.23. The van der Waals surface area contributed by atoms with Gasteiger partial charge in [0.1, 0.15) is 17.2 Å². The molecular weight excluding hydrogens is 340 g/mol. The Hall–Kier alpha value is -3.35. The normalized spacial score (nSPS) is 15.0. The van der Waals surface area contributed by atoms with Crippen molar-refractivity contribution in [2.75, 3.05) is 7.11 Å². The van der Waals surface area contributed by atoms with Crippen LogP contribution in [-0.2, 0) is 14.3 Å². The van der Waals surface area contributed by atoms with Crippen molar-refractivity contribution in [3.63, 3.8) is 0 Å². The first-order chi connectivity index (χ1) is 12.4. The van der Waals surface area contributed by atoms with Crippen LogP contribution in [0.1, 0.15) is 41.4 Å². The van der Waals surface area contributed by atoms with E-state index in [2.05, 4.69) is 0 Å². The molecule has 0 saturated carbocycles. The largest absolute Gasteiger partial charge is 0.496 e. The molecule has 0 radical (unpaired) electrons. The summed E-state index contributed by atoms with van der Waals surface area (Å²) in [6, 6.07) is 9.49. The number of hydrogen-bond acceptors (Lipinski definition) is 7. The van der Waals surface area contributed by atoms with E-state index in [0.29, 0.717) is 22.4 Å². The number of cyclic esters (lactones) is 1. The van der Waals surface area contributed by atoms with Gasteiger partial charge in [0.15, 0.2) is 6.10 Å². The van der Waals surface area contributed by atoms with Gasteiger partial charge in [-0.05, 0) is 30.3 Å². The van der Waals surface area contributed by atoms with Crippen LogP contribution in [0.25, 0.3) is 0 Å². The van der Waals surface area contributed by atoms with Gasteiger partial charge in [0.05, 0.1) is 18.2 Å². The summed E-state index contributed by atoms with van der Waals surface area (Å²) >= 11 is 0. The van der Waals surface area contributed by atoms with Gasteiger partial charge in [0.25, 0.3) is 0 Å². The maximum atomic E-state index is 12.2. The lowest BCUT2D eigenvalue weighted by Gasteiger charge is -2.18. The summed E-state index contributed by atoms with van der Waals surface area (Å²) in [5.41, 5.74) is 1.25. The molecule has 134 valence electrons. The number of fused-ring (bicyclic) bond motifs is 1. The molecule has 2 aromatic rings. The number of methoxy groups -OCH3 is 1. The van der Waals surface area contributed by atoms with Crippen LogP contribution in [0.15, 0.2) is 36.4 Å². The number of hydrogen-bond donors (Lipinski definition) is 0. The topological polar surface area (TPSA) is 88.1 Å². The van der Waals surface area contributed by atoms with Gasteiger partial charge < -0.3 is 18.9 Å². The second-order valence-electron chi connectivity index (χ2n) is 5.59. The van der Waals surface area contributed by atoms with Crippen LogP contribution in [0, 0.1) is 0 Å². The third-order valence-electron chi connectivity index (χ3n) is 3.77. The Balaban J connectivity index is 2.15. The van der Waals surface area contributed by atoms with E-state index in [1.54, 1.807) is 18.2 Å². The summed E-state index contributed by atoms with van der Waals surface area (Å²) < 4.78 is 21.2. The molecule has 1 heterocycles. The zero-order chi connectivity index (χ0) is 18.8. The average molecular weight is 356 g/mol. The molecule has 1 aliphatic rings. The van der Waals surface area contributed by atoms with E-state index < -0.39 is 24.0 Å². The van der Waals surface area contributed by atoms with Crippen molar-refractivity contribution in [2.45, 2.75) is 20.0 Å². The highest BCUT2D eigenvalue weighted by atomic mass is 16.6. The molecule has 0 aliphatic carbocycles. The van der Waals surface area contributed by atoms with Crippen LogP contribution in [-0.4, -0.2) is 25.0 Å². The first-order valence-electron chi connectivity index (χ1n) is 7.79. The highest BCUT2D eigenvalue weighted by Gasteiger charge is 2.37. The fourth-order valence-electron chi connectivity index (χ4n) is 2.83. The molecule has 0 aromatic heterocycles. The van der Waals surface area contributed by atoms with E-state index in [0.717, 1.165) is 0 Å². The molecule has 0 saturated heterocycles. The van der Waals surface area contributed by atoms with E-state index in [-0.39, 0.29) is 11.5 Å². The maximum Gasteiger partial charge on any atom is 0.339 e. The Labute approximate surface area is 149 Å². The van der Waals surface area contributed by atoms with Crippen molar-refractivity contribution in [3.05, 3.63) is 53.1 Å². The minimum absolute atomic E-state index is 0.199. The van der Waals surface area contributed by atoms with Gasteiger partial charge in [0, 0.05) is 19.4 Å². The first-order valence-corrected chi connectivity index (χ1v) is 7.79. The third-order valence-corrected chi connectivity index (χ3v) is 3.77. The van der Waals surface area contributed by atoms with E-state index in [9.17, 15) is 14.4 Å². The first kappa shape index (κ1) is 17.5. The van der Waals surface area contributed by atoms with Crippen molar-refractivity contribution < 1.29 is 33.3 Å². The number of esters is 3. The van der Waals surface area contributed by atoms with Crippen LogP contribution in [0.5, 0.6) is 17.2 Å². The number of rotatable bonds is 4. The molecule has 1 unspecified atom stereocenters. The molecule has 0 N–H and O–H groups in total. The number of benzene rings is 2. The van der Waals surface area contributed by atoms with E-state index in [1.165, 1.54) is 39.2 Å². The molecule has 0 amide bonds. The molecule has 1 atom stereocenters. The number of carbonyl (C=O) groups is 3. The van der Waals surface area contributed by atoms with Gasteiger partial charge in [-0.3, -0.25) is 9.59 Å². The Bertz CT molecular complexity index is 901. The molecule has 2 aromatic carbocycles. The summed E-state index contributed by atoms with van der Waals surface area (Å²) in [5, 5.41) is 0. The van der Waals surface area contributed by atoms with Gasteiger partial charge in [-0.15, -0.1) is 0 Å². The lowest BCUT2D eigenvalue weighted by atomic mass is 9.97. The molecular formula is C19H16O7. The second-order valence-corrected chi connectivity index (χ2v) is 5.59. The quantitative estimate of drug-likeness (QED) is 0.615. The van der Waals surface area contributed by atoms with Crippen molar-refractivity contribution >= 4 is 17.9 Å². The minimum atomic E-state index is -0.862. The smallest absolute Gasteiger partial charge is 0.339 e. The lowest BCUT2D eigenvalue weighted by Crippen LogP contribution is -2.10. The maximum absolute atomic E-state index is 12.2. The Morgan fingerprint density at radius 2 is 1.73 bits per heavy atom. The number of ether oxygens (including phenoxy) is 4. The SMILES string of the molecule is COc1cccc2c1C(c1cc(OC(C)=O)ccc1OC(C)=O)OC2=O. The summed E-state index contributed by atoms with van der Waals surface area (Å²) in [5.74, 6) is -0.651. The summed E-state index contributed by atoms with van der Waals surface area (Å²) in [4.78, 5) is 34.9. The van der Waals surface area contributed by atoms with Crippen molar-refractivity contribution in [3.8, 4) is 17.2 Å². The van der Waals surface area contributed by atoms with Gasteiger partial charge >= 0.3 is 17.9 Å². The number of carbonyl (C=O) groups excluding carboxylic acids is 3. The summed E-state index contributed by atoms with van der Waals surface area (Å²) in [6.45, 7) is 2.53. The highest BCUT2D eigenvalue weighted by Crippen LogP contribution is 2.45. The summed E-state index contributed by atoms with van der Waals surface area (Å²) in [6.07, 6.45) is -0.862. The second kappa shape index (κ2) is 6.87. The molecule has 7 heteroatoms. The van der Waals surface area contributed by atoms with Gasteiger partial charge in [-0.25, -0.2) is 4.79 Å². The van der Waals surface area contributed by atoms with Gasteiger partial charge in [-0.2, -0.15) is 0 Å². The Morgan fingerprint density at radius 3 is 2.38 bits per heavy atom. The van der Waals surface area contributed by atoms with Crippen LogP contribution < -0.4 is 14.2 Å². The minimum Gasteiger partial charge on any atom is -0.496 e.